The van der Waals surface area contributed by atoms with Crippen molar-refractivity contribution in [2.75, 3.05) is 18.0 Å². The number of ether oxygens (including phenoxy) is 1. The summed E-state index contributed by atoms with van der Waals surface area (Å²) in [6.45, 7) is 5.42. The molecular formula is C13H16BrNO3. The number of benzene rings is 1. The molecule has 0 bridgehead atoms. The van der Waals surface area contributed by atoms with Gasteiger partial charge in [-0.05, 0) is 32.0 Å². The first-order chi connectivity index (χ1) is 8.47. The Kier molecular flexibility index (Phi) is 3.92. The molecule has 1 fully saturated rings. The number of carboxylic acid groups (broad SMARTS) is 1. The van der Waals surface area contributed by atoms with Crippen molar-refractivity contribution in [3.05, 3.63) is 28.2 Å². The summed E-state index contributed by atoms with van der Waals surface area (Å²) in [7, 11) is 0. The molecule has 98 valence electrons. The SMILES string of the molecule is CC1CN(c2cc(Br)ccc2C(=O)O)CC(C)O1. The van der Waals surface area contributed by atoms with Crippen molar-refractivity contribution < 1.29 is 14.6 Å². The van der Waals surface area contributed by atoms with Crippen molar-refractivity contribution in [1.82, 2.24) is 0 Å². The van der Waals surface area contributed by atoms with Gasteiger partial charge in [0.25, 0.3) is 0 Å². The van der Waals surface area contributed by atoms with Gasteiger partial charge < -0.3 is 14.7 Å². The summed E-state index contributed by atoms with van der Waals surface area (Å²) in [5.74, 6) is -0.899. The third kappa shape index (κ3) is 2.84. The summed E-state index contributed by atoms with van der Waals surface area (Å²) in [6.07, 6.45) is 0.212. The molecule has 2 rings (SSSR count). The predicted octanol–water partition coefficient (Wildman–Crippen LogP) is 2.76. The van der Waals surface area contributed by atoms with Gasteiger partial charge in [0, 0.05) is 17.6 Å². The largest absolute Gasteiger partial charge is 0.478 e. The Morgan fingerprint density at radius 2 is 2.00 bits per heavy atom. The third-order valence-corrected chi connectivity index (χ3v) is 3.44. The second-order valence-corrected chi connectivity index (χ2v) is 5.54. The number of rotatable bonds is 2. The molecule has 0 aliphatic carbocycles. The molecule has 0 radical (unpaired) electrons. The van der Waals surface area contributed by atoms with Gasteiger partial charge in [-0.3, -0.25) is 0 Å². The minimum Gasteiger partial charge on any atom is -0.478 e. The van der Waals surface area contributed by atoms with E-state index in [2.05, 4.69) is 20.8 Å². The van der Waals surface area contributed by atoms with Crippen LogP contribution in [-0.2, 0) is 4.74 Å². The van der Waals surface area contributed by atoms with Crippen LogP contribution in [0.3, 0.4) is 0 Å². The number of nitrogens with zero attached hydrogens (tertiary/aromatic N) is 1. The number of halogens is 1. The minimum absolute atomic E-state index is 0.106. The van der Waals surface area contributed by atoms with Crippen LogP contribution in [0, 0.1) is 0 Å². The van der Waals surface area contributed by atoms with E-state index in [1.165, 1.54) is 0 Å². The molecule has 1 heterocycles. The molecule has 0 amide bonds. The zero-order chi connectivity index (χ0) is 13.3. The van der Waals surface area contributed by atoms with Gasteiger partial charge in [0.1, 0.15) is 0 Å². The Bertz CT molecular complexity index is 454. The molecule has 0 saturated carbocycles. The molecule has 2 unspecified atom stereocenters. The van der Waals surface area contributed by atoms with E-state index in [0.717, 1.165) is 10.2 Å². The maximum atomic E-state index is 11.3. The van der Waals surface area contributed by atoms with Crippen LogP contribution in [0.4, 0.5) is 5.69 Å². The molecule has 1 N–H and O–H groups in total. The summed E-state index contributed by atoms with van der Waals surface area (Å²) >= 11 is 3.39. The quantitative estimate of drug-likeness (QED) is 0.912. The Labute approximate surface area is 115 Å². The maximum Gasteiger partial charge on any atom is 0.337 e. The Hall–Kier alpha value is -1.07. The number of hydrogen-bond donors (Lipinski definition) is 1. The van der Waals surface area contributed by atoms with Gasteiger partial charge in [0.15, 0.2) is 0 Å². The van der Waals surface area contributed by atoms with Crippen LogP contribution in [0.25, 0.3) is 0 Å². The van der Waals surface area contributed by atoms with E-state index in [4.69, 9.17) is 4.74 Å². The summed E-state index contributed by atoms with van der Waals surface area (Å²) in [5, 5.41) is 9.25. The van der Waals surface area contributed by atoms with Crippen LogP contribution in [0.2, 0.25) is 0 Å². The van der Waals surface area contributed by atoms with Gasteiger partial charge in [-0.1, -0.05) is 15.9 Å². The first-order valence-electron chi connectivity index (χ1n) is 5.90. The highest BCUT2D eigenvalue weighted by Crippen LogP contribution is 2.28. The van der Waals surface area contributed by atoms with Gasteiger partial charge >= 0.3 is 5.97 Å². The standard InChI is InChI=1S/C13H16BrNO3/c1-8-6-15(7-9(2)18-8)12-5-10(14)3-4-11(12)13(16)17/h3-5,8-9H,6-7H2,1-2H3,(H,16,17). The normalized spacial score (nSPS) is 24.1. The van der Waals surface area contributed by atoms with Gasteiger partial charge in [0.2, 0.25) is 0 Å². The van der Waals surface area contributed by atoms with Crippen molar-refractivity contribution in [2.24, 2.45) is 0 Å². The van der Waals surface area contributed by atoms with Crippen LogP contribution < -0.4 is 4.90 Å². The summed E-state index contributed by atoms with van der Waals surface area (Å²) in [4.78, 5) is 13.3. The highest BCUT2D eigenvalue weighted by Gasteiger charge is 2.25. The third-order valence-electron chi connectivity index (χ3n) is 2.95. The highest BCUT2D eigenvalue weighted by molar-refractivity contribution is 9.10. The lowest BCUT2D eigenvalue weighted by molar-refractivity contribution is -0.00532. The lowest BCUT2D eigenvalue weighted by Crippen LogP contribution is -2.46. The molecule has 1 aliphatic rings. The van der Waals surface area contributed by atoms with Gasteiger partial charge in [-0.2, -0.15) is 0 Å². The van der Waals surface area contributed by atoms with E-state index in [0.29, 0.717) is 18.7 Å². The smallest absolute Gasteiger partial charge is 0.337 e. The van der Waals surface area contributed by atoms with Crippen molar-refractivity contribution >= 4 is 27.6 Å². The van der Waals surface area contributed by atoms with Gasteiger partial charge in [-0.25, -0.2) is 4.79 Å². The van der Waals surface area contributed by atoms with Crippen molar-refractivity contribution in [3.8, 4) is 0 Å². The topological polar surface area (TPSA) is 49.8 Å². The average molecular weight is 314 g/mol. The molecular weight excluding hydrogens is 298 g/mol. The second-order valence-electron chi connectivity index (χ2n) is 4.63. The average Bonchev–Trinajstić information content (AvgIpc) is 2.27. The van der Waals surface area contributed by atoms with Crippen molar-refractivity contribution in [2.45, 2.75) is 26.1 Å². The first kappa shape index (κ1) is 13.4. The molecule has 1 aliphatic heterocycles. The lowest BCUT2D eigenvalue weighted by Gasteiger charge is -2.37. The number of carboxylic acids is 1. The predicted molar refractivity (Wildman–Crippen MR) is 73.3 cm³/mol. The van der Waals surface area contributed by atoms with Crippen molar-refractivity contribution in [3.63, 3.8) is 0 Å². The van der Waals surface area contributed by atoms with E-state index in [-0.39, 0.29) is 12.2 Å². The fourth-order valence-corrected chi connectivity index (χ4v) is 2.67. The zero-order valence-electron chi connectivity index (χ0n) is 10.4. The molecule has 18 heavy (non-hydrogen) atoms. The van der Waals surface area contributed by atoms with Crippen LogP contribution in [-0.4, -0.2) is 36.4 Å². The highest BCUT2D eigenvalue weighted by atomic mass is 79.9. The molecule has 1 aromatic carbocycles. The molecule has 0 aromatic heterocycles. The number of hydrogen-bond acceptors (Lipinski definition) is 3. The van der Waals surface area contributed by atoms with Crippen LogP contribution in [0.15, 0.2) is 22.7 Å². The second kappa shape index (κ2) is 5.28. The summed E-state index contributed by atoms with van der Waals surface area (Å²) in [6, 6.07) is 5.24. The van der Waals surface area contributed by atoms with E-state index in [1.54, 1.807) is 12.1 Å². The monoisotopic (exact) mass is 313 g/mol. The number of anilines is 1. The van der Waals surface area contributed by atoms with E-state index < -0.39 is 5.97 Å². The summed E-state index contributed by atoms with van der Waals surface area (Å²) in [5.41, 5.74) is 1.08. The zero-order valence-corrected chi connectivity index (χ0v) is 12.0. The first-order valence-corrected chi connectivity index (χ1v) is 6.70. The molecule has 1 saturated heterocycles. The maximum absolute atomic E-state index is 11.3. The van der Waals surface area contributed by atoms with E-state index in [1.807, 2.05) is 19.9 Å². The van der Waals surface area contributed by atoms with E-state index in [9.17, 15) is 9.90 Å². The molecule has 1 aromatic rings. The van der Waals surface area contributed by atoms with Gasteiger partial charge in [-0.15, -0.1) is 0 Å². The number of morpholine rings is 1. The van der Waals surface area contributed by atoms with Crippen molar-refractivity contribution in [1.29, 1.82) is 0 Å². The van der Waals surface area contributed by atoms with Crippen LogP contribution in [0.1, 0.15) is 24.2 Å². The minimum atomic E-state index is -0.899. The Morgan fingerprint density at radius 1 is 1.39 bits per heavy atom. The Balaban J connectivity index is 2.36. The lowest BCUT2D eigenvalue weighted by atomic mass is 10.1. The van der Waals surface area contributed by atoms with E-state index >= 15 is 0 Å². The molecule has 0 spiro atoms. The molecule has 4 nitrogen and oxygen atoms in total. The van der Waals surface area contributed by atoms with Crippen LogP contribution in [0.5, 0.6) is 0 Å². The number of carbonyl (C=O) groups is 1. The molecule has 2 atom stereocenters. The van der Waals surface area contributed by atoms with Crippen LogP contribution >= 0.6 is 15.9 Å². The Morgan fingerprint density at radius 3 is 2.56 bits per heavy atom. The fraction of sp³-hybridized carbons (Fsp3) is 0.462. The molecule has 5 heteroatoms. The summed E-state index contributed by atoms with van der Waals surface area (Å²) < 4.78 is 6.55. The van der Waals surface area contributed by atoms with Gasteiger partial charge in [0.05, 0.1) is 23.5 Å². The fourth-order valence-electron chi connectivity index (χ4n) is 2.32. The number of aromatic carboxylic acids is 1.